The fraction of sp³-hybridized carbons (Fsp3) is 0.118. The first-order valence-corrected chi connectivity index (χ1v) is 6.36. The highest BCUT2D eigenvalue weighted by Crippen LogP contribution is 2.18. The van der Waals surface area contributed by atoms with Gasteiger partial charge in [0.25, 0.3) is 5.91 Å². The zero-order valence-corrected chi connectivity index (χ0v) is 11.6. The Balaban J connectivity index is 2.27. The second-order valence-corrected chi connectivity index (χ2v) is 4.70. The molecular formula is C17H17NO2. The minimum atomic E-state index is -0.512. The molecule has 102 valence electrons. The van der Waals surface area contributed by atoms with Crippen molar-refractivity contribution >= 4 is 11.5 Å². The van der Waals surface area contributed by atoms with Gasteiger partial charge in [0.15, 0.2) is 0 Å². The molecule has 0 saturated carbocycles. The predicted octanol–water partition coefficient (Wildman–Crippen LogP) is 3.21. The zero-order chi connectivity index (χ0) is 14.5. The number of primary amides is 1. The van der Waals surface area contributed by atoms with Gasteiger partial charge in [0, 0.05) is 0 Å². The molecule has 0 radical (unpaired) electrons. The summed E-state index contributed by atoms with van der Waals surface area (Å²) in [5, 5.41) is 0. The van der Waals surface area contributed by atoms with Crippen LogP contribution in [0.5, 0.6) is 5.75 Å². The van der Waals surface area contributed by atoms with Crippen molar-refractivity contribution in [1.29, 1.82) is 0 Å². The van der Waals surface area contributed by atoms with Crippen LogP contribution < -0.4 is 10.5 Å². The molecule has 2 N–H and O–H groups in total. The molecule has 0 atom stereocenters. The van der Waals surface area contributed by atoms with Gasteiger partial charge in [0.05, 0.1) is 5.57 Å². The van der Waals surface area contributed by atoms with Crippen LogP contribution in [-0.2, 0) is 4.79 Å². The molecule has 2 aromatic carbocycles. The number of benzene rings is 2. The second kappa shape index (κ2) is 6.06. The van der Waals surface area contributed by atoms with Crippen molar-refractivity contribution in [1.82, 2.24) is 0 Å². The van der Waals surface area contributed by atoms with E-state index in [0.717, 1.165) is 16.7 Å². The summed E-state index contributed by atoms with van der Waals surface area (Å²) < 4.78 is 5.53. The Labute approximate surface area is 118 Å². The van der Waals surface area contributed by atoms with E-state index in [4.69, 9.17) is 10.5 Å². The number of nitrogens with two attached hydrogens (primary N) is 1. The first-order chi connectivity index (χ1) is 9.56. The van der Waals surface area contributed by atoms with Crippen molar-refractivity contribution in [3.8, 4) is 5.75 Å². The quantitative estimate of drug-likeness (QED) is 0.683. The third-order valence-electron chi connectivity index (χ3n) is 2.93. The fourth-order valence-electron chi connectivity index (χ4n) is 1.82. The summed E-state index contributed by atoms with van der Waals surface area (Å²) >= 11 is 0. The molecule has 3 heteroatoms. The summed E-state index contributed by atoms with van der Waals surface area (Å²) in [5.74, 6) is 0.164. The van der Waals surface area contributed by atoms with Crippen LogP contribution >= 0.6 is 0 Å². The normalized spacial score (nSPS) is 11.2. The lowest BCUT2D eigenvalue weighted by atomic mass is 10.1. The number of rotatable bonds is 4. The van der Waals surface area contributed by atoms with Gasteiger partial charge >= 0.3 is 0 Å². The van der Waals surface area contributed by atoms with Gasteiger partial charge in [-0.05, 0) is 37.1 Å². The average molecular weight is 267 g/mol. The molecule has 0 heterocycles. The molecule has 2 aromatic rings. The first kappa shape index (κ1) is 13.9. The van der Waals surface area contributed by atoms with Crippen molar-refractivity contribution in [3.05, 3.63) is 71.5 Å². The molecule has 0 unspecified atom stereocenters. The third kappa shape index (κ3) is 3.48. The number of hydrogen-bond acceptors (Lipinski definition) is 2. The molecule has 0 saturated heterocycles. The summed E-state index contributed by atoms with van der Waals surface area (Å²) in [6, 6.07) is 15.2. The molecule has 0 spiro atoms. The Kier molecular flexibility index (Phi) is 4.20. The molecule has 20 heavy (non-hydrogen) atoms. The smallest absolute Gasteiger partial charge is 0.252 e. The topological polar surface area (TPSA) is 52.3 Å². The number of carbonyl (C=O) groups excluding carboxylic acids is 1. The van der Waals surface area contributed by atoms with E-state index in [2.05, 4.69) is 0 Å². The lowest BCUT2D eigenvalue weighted by molar-refractivity contribution is -0.112. The van der Waals surface area contributed by atoms with E-state index < -0.39 is 5.91 Å². The number of hydrogen-bond donors (Lipinski definition) is 1. The Morgan fingerprint density at radius 1 is 1.05 bits per heavy atom. The van der Waals surface area contributed by atoms with Gasteiger partial charge in [-0.2, -0.15) is 0 Å². The molecule has 0 aromatic heterocycles. The maximum atomic E-state index is 11.5. The number of amides is 1. The van der Waals surface area contributed by atoms with Crippen LogP contribution in [0, 0.1) is 13.8 Å². The lowest BCUT2D eigenvalue weighted by Gasteiger charge is -2.06. The van der Waals surface area contributed by atoms with Crippen molar-refractivity contribution < 1.29 is 9.53 Å². The molecule has 1 amide bonds. The molecule has 0 aliphatic rings. The zero-order valence-electron chi connectivity index (χ0n) is 11.6. The van der Waals surface area contributed by atoms with Crippen LogP contribution in [0.3, 0.4) is 0 Å². The van der Waals surface area contributed by atoms with E-state index >= 15 is 0 Å². The molecule has 0 aliphatic carbocycles. The number of ether oxygens (including phenoxy) is 1. The largest absolute Gasteiger partial charge is 0.464 e. The minimum Gasteiger partial charge on any atom is -0.464 e. The molecule has 0 bridgehead atoms. The Bertz CT molecular complexity index is 642. The fourth-order valence-corrected chi connectivity index (χ4v) is 1.82. The van der Waals surface area contributed by atoms with Gasteiger partial charge in [-0.25, -0.2) is 0 Å². The highest BCUT2D eigenvalue weighted by Gasteiger charge is 2.08. The Hall–Kier alpha value is -2.55. The summed E-state index contributed by atoms with van der Waals surface area (Å²) in [5.41, 5.74) is 8.72. The maximum absolute atomic E-state index is 11.5. The van der Waals surface area contributed by atoms with Crippen molar-refractivity contribution in [2.75, 3.05) is 0 Å². The minimum absolute atomic E-state index is 0.353. The van der Waals surface area contributed by atoms with Crippen molar-refractivity contribution in [2.24, 2.45) is 5.73 Å². The van der Waals surface area contributed by atoms with E-state index in [0.29, 0.717) is 11.3 Å². The van der Waals surface area contributed by atoms with Crippen LogP contribution in [0.2, 0.25) is 0 Å². The van der Waals surface area contributed by atoms with Gasteiger partial charge in [0.1, 0.15) is 12.0 Å². The van der Waals surface area contributed by atoms with E-state index in [-0.39, 0.29) is 0 Å². The summed E-state index contributed by atoms with van der Waals surface area (Å²) in [4.78, 5) is 11.5. The molecule has 0 aliphatic heterocycles. The van der Waals surface area contributed by atoms with E-state index in [1.54, 1.807) is 0 Å². The van der Waals surface area contributed by atoms with Gasteiger partial charge < -0.3 is 10.5 Å². The summed E-state index contributed by atoms with van der Waals surface area (Å²) in [6.45, 7) is 3.96. The van der Waals surface area contributed by atoms with Gasteiger partial charge in [-0.3, -0.25) is 4.79 Å². The van der Waals surface area contributed by atoms with Crippen molar-refractivity contribution in [3.63, 3.8) is 0 Å². The van der Waals surface area contributed by atoms with Crippen LogP contribution in [0.15, 0.2) is 54.8 Å². The Morgan fingerprint density at radius 3 is 2.35 bits per heavy atom. The highest BCUT2D eigenvalue weighted by atomic mass is 16.5. The van der Waals surface area contributed by atoms with E-state index in [9.17, 15) is 4.79 Å². The van der Waals surface area contributed by atoms with Crippen LogP contribution in [-0.4, -0.2) is 5.91 Å². The predicted molar refractivity (Wildman–Crippen MR) is 80.2 cm³/mol. The maximum Gasteiger partial charge on any atom is 0.252 e. The van der Waals surface area contributed by atoms with E-state index in [1.165, 1.54) is 6.26 Å². The number of aryl methyl sites for hydroxylation is 2. The van der Waals surface area contributed by atoms with Crippen LogP contribution in [0.25, 0.3) is 5.57 Å². The third-order valence-corrected chi connectivity index (χ3v) is 2.93. The summed E-state index contributed by atoms with van der Waals surface area (Å²) in [6.07, 6.45) is 1.40. The molecular weight excluding hydrogens is 250 g/mol. The van der Waals surface area contributed by atoms with Crippen molar-refractivity contribution in [2.45, 2.75) is 13.8 Å². The van der Waals surface area contributed by atoms with Gasteiger partial charge in [0.2, 0.25) is 0 Å². The molecule has 3 nitrogen and oxygen atoms in total. The first-order valence-electron chi connectivity index (χ1n) is 6.36. The highest BCUT2D eigenvalue weighted by molar-refractivity contribution is 6.18. The number of carbonyl (C=O) groups is 1. The second-order valence-electron chi connectivity index (χ2n) is 4.70. The van der Waals surface area contributed by atoms with E-state index in [1.807, 2.05) is 62.4 Å². The molecule has 0 fully saturated rings. The van der Waals surface area contributed by atoms with Gasteiger partial charge in [-0.1, -0.05) is 42.0 Å². The average Bonchev–Trinajstić information content (AvgIpc) is 2.41. The SMILES string of the molecule is Cc1ccc(C(=COc2cccc(C)c2)C(N)=O)cc1. The summed E-state index contributed by atoms with van der Waals surface area (Å²) in [7, 11) is 0. The van der Waals surface area contributed by atoms with Crippen LogP contribution in [0.1, 0.15) is 16.7 Å². The Morgan fingerprint density at radius 2 is 1.75 bits per heavy atom. The molecule has 2 rings (SSSR count). The van der Waals surface area contributed by atoms with Gasteiger partial charge in [-0.15, -0.1) is 0 Å². The monoisotopic (exact) mass is 267 g/mol. The van der Waals surface area contributed by atoms with Crippen LogP contribution in [0.4, 0.5) is 0 Å². The lowest BCUT2D eigenvalue weighted by Crippen LogP contribution is -2.13. The standard InChI is InChI=1S/C17H17NO2/c1-12-6-8-14(9-7-12)16(17(18)19)11-20-15-5-3-4-13(2)10-15/h3-11H,1-2H3,(H2,18,19).